The number of nitrogens with zero attached hydrogens (tertiary/aromatic N) is 5. The van der Waals surface area contributed by atoms with Gasteiger partial charge in [0.2, 0.25) is 5.13 Å². The molecule has 2 aromatic heterocycles. The van der Waals surface area contributed by atoms with Gasteiger partial charge in [-0.1, -0.05) is 11.3 Å². The van der Waals surface area contributed by atoms with Crippen molar-refractivity contribution in [3.8, 4) is 0 Å². The molecule has 114 valence electrons. The van der Waals surface area contributed by atoms with Gasteiger partial charge < -0.3 is 9.80 Å². The molecule has 4 heterocycles. The number of hydrogen-bond acceptors (Lipinski definition) is 6. The van der Waals surface area contributed by atoms with Crippen LogP contribution >= 0.6 is 11.3 Å². The summed E-state index contributed by atoms with van der Waals surface area (Å²) in [6, 6.07) is 4.41. The largest absolute Gasteiger partial charge is 0.341 e. The second kappa shape index (κ2) is 5.31. The molecule has 0 saturated carbocycles. The molecular formula is C15H17N5OS. The fraction of sp³-hybridized carbons (Fsp3) is 0.467. The summed E-state index contributed by atoms with van der Waals surface area (Å²) < 4.78 is 0. The number of aromatic nitrogens is 3. The number of anilines is 1. The molecule has 2 aliphatic rings. The topological polar surface area (TPSA) is 62.2 Å². The van der Waals surface area contributed by atoms with Gasteiger partial charge in [0.1, 0.15) is 5.51 Å². The van der Waals surface area contributed by atoms with Crippen molar-refractivity contribution in [1.29, 1.82) is 0 Å². The van der Waals surface area contributed by atoms with Crippen molar-refractivity contribution < 1.29 is 4.79 Å². The number of aryl methyl sites for hydroxylation is 1. The minimum Gasteiger partial charge on any atom is -0.341 e. The average Bonchev–Trinajstić information content (AvgIpc) is 3.24. The zero-order valence-electron chi connectivity index (χ0n) is 12.3. The van der Waals surface area contributed by atoms with E-state index in [9.17, 15) is 4.79 Å². The minimum atomic E-state index is 0.0964. The van der Waals surface area contributed by atoms with E-state index in [2.05, 4.69) is 20.1 Å². The number of carbonyl (C=O) groups excluding carboxylic acids is 1. The number of rotatable bonds is 2. The predicted octanol–water partition coefficient (Wildman–Crippen LogP) is 1.73. The number of fused-ring (bicyclic) bond motifs is 1. The number of carbonyl (C=O) groups is 1. The summed E-state index contributed by atoms with van der Waals surface area (Å²) in [5.74, 6) is 0.0964. The molecule has 2 fully saturated rings. The summed E-state index contributed by atoms with van der Waals surface area (Å²) in [7, 11) is 0. The zero-order valence-corrected chi connectivity index (χ0v) is 13.2. The van der Waals surface area contributed by atoms with Crippen LogP contribution in [0.3, 0.4) is 0 Å². The van der Waals surface area contributed by atoms with Gasteiger partial charge in [-0.25, -0.2) is 0 Å². The smallest absolute Gasteiger partial charge is 0.255 e. The third-order valence-electron chi connectivity index (χ3n) is 4.59. The first kappa shape index (κ1) is 13.6. The maximum atomic E-state index is 12.7. The van der Waals surface area contributed by atoms with Crippen LogP contribution in [0, 0.1) is 6.92 Å². The van der Waals surface area contributed by atoms with Crippen molar-refractivity contribution in [3.63, 3.8) is 0 Å². The monoisotopic (exact) mass is 315 g/mol. The van der Waals surface area contributed by atoms with Crippen LogP contribution in [-0.4, -0.2) is 51.2 Å². The van der Waals surface area contributed by atoms with Gasteiger partial charge >= 0.3 is 0 Å². The Morgan fingerprint density at radius 1 is 1.27 bits per heavy atom. The Labute approximate surface area is 132 Å². The van der Waals surface area contributed by atoms with Crippen molar-refractivity contribution in [2.45, 2.75) is 31.8 Å². The lowest BCUT2D eigenvalue weighted by molar-refractivity contribution is 0.0737. The quantitative estimate of drug-likeness (QED) is 0.844. The van der Waals surface area contributed by atoms with E-state index in [4.69, 9.17) is 0 Å². The molecule has 0 bridgehead atoms. The number of pyridine rings is 1. The van der Waals surface area contributed by atoms with Crippen molar-refractivity contribution in [3.05, 3.63) is 35.1 Å². The molecule has 7 heteroatoms. The predicted molar refractivity (Wildman–Crippen MR) is 84.1 cm³/mol. The average molecular weight is 315 g/mol. The van der Waals surface area contributed by atoms with Gasteiger partial charge in [0, 0.05) is 25.0 Å². The van der Waals surface area contributed by atoms with E-state index >= 15 is 0 Å². The molecule has 2 aliphatic heterocycles. The highest BCUT2D eigenvalue weighted by Crippen LogP contribution is 2.36. The van der Waals surface area contributed by atoms with Crippen LogP contribution in [0.2, 0.25) is 0 Å². The molecule has 1 amide bonds. The summed E-state index contributed by atoms with van der Waals surface area (Å²) in [6.45, 7) is 3.68. The van der Waals surface area contributed by atoms with Gasteiger partial charge in [0.05, 0.1) is 17.6 Å². The molecule has 2 atom stereocenters. The molecule has 0 spiro atoms. The molecule has 6 nitrogen and oxygen atoms in total. The normalized spacial score (nSPS) is 23.9. The highest BCUT2D eigenvalue weighted by molar-refractivity contribution is 7.13. The fourth-order valence-electron chi connectivity index (χ4n) is 3.53. The van der Waals surface area contributed by atoms with Crippen molar-refractivity contribution in [2.75, 3.05) is 18.0 Å². The Hall–Kier alpha value is -2.02. The lowest BCUT2D eigenvalue weighted by atomic mass is 10.1. The number of hydrogen-bond donors (Lipinski definition) is 0. The molecular weight excluding hydrogens is 298 g/mol. The highest BCUT2D eigenvalue weighted by Gasteiger charge is 2.45. The van der Waals surface area contributed by atoms with E-state index in [1.54, 1.807) is 23.0 Å². The molecule has 0 radical (unpaired) electrons. The Morgan fingerprint density at radius 3 is 2.86 bits per heavy atom. The van der Waals surface area contributed by atoms with Gasteiger partial charge in [-0.3, -0.25) is 9.78 Å². The van der Waals surface area contributed by atoms with Gasteiger partial charge in [-0.05, 0) is 31.9 Å². The van der Waals surface area contributed by atoms with Gasteiger partial charge in [-0.15, -0.1) is 10.2 Å². The van der Waals surface area contributed by atoms with Crippen molar-refractivity contribution in [1.82, 2.24) is 20.1 Å². The van der Waals surface area contributed by atoms with Crippen LogP contribution in [-0.2, 0) is 0 Å². The van der Waals surface area contributed by atoms with E-state index < -0.39 is 0 Å². The van der Waals surface area contributed by atoms with Crippen LogP contribution in [0.1, 0.15) is 28.9 Å². The summed E-state index contributed by atoms with van der Waals surface area (Å²) in [5.41, 5.74) is 3.37. The van der Waals surface area contributed by atoms with Gasteiger partial charge in [0.15, 0.2) is 0 Å². The lowest BCUT2D eigenvalue weighted by Crippen LogP contribution is -2.39. The van der Waals surface area contributed by atoms with E-state index in [-0.39, 0.29) is 11.9 Å². The molecule has 0 aliphatic carbocycles. The number of likely N-dealkylation sites (tertiary alicyclic amines) is 1. The second-order valence-corrected chi connectivity index (χ2v) is 6.63. The third kappa shape index (κ3) is 2.16. The Balaban J connectivity index is 1.54. The zero-order chi connectivity index (χ0) is 15.1. The molecule has 0 unspecified atom stereocenters. The van der Waals surface area contributed by atoms with Crippen LogP contribution in [0.4, 0.5) is 5.13 Å². The Kier molecular flexibility index (Phi) is 3.29. The second-order valence-electron chi connectivity index (χ2n) is 5.81. The minimum absolute atomic E-state index is 0.0964. The molecule has 22 heavy (non-hydrogen) atoms. The standard InChI is InChI=1S/C15H17N5OS/c1-10-2-3-11(8-16-10)14(21)19-6-4-13-12(19)5-7-20(13)15-18-17-9-22-15/h2-3,8-9,12-13H,4-7H2,1H3/t12-,13+/m0/s1. The number of amides is 1. The maximum Gasteiger partial charge on any atom is 0.255 e. The third-order valence-corrected chi connectivity index (χ3v) is 5.32. The summed E-state index contributed by atoms with van der Waals surface area (Å²) >= 11 is 1.57. The Bertz CT molecular complexity index is 672. The first-order valence-corrected chi connectivity index (χ1v) is 8.38. The van der Waals surface area contributed by atoms with Crippen molar-refractivity contribution >= 4 is 22.4 Å². The molecule has 4 rings (SSSR count). The van der Waals surface area contributed by atoms with Crippen LogP contribution in [0.15, 0.2) is 23.8 Å². The fourth-order valence-corrected chi connectivity index (χ4v) is 4.17. The summed E-state index contributed by atoms with van der Waals surface area (Å²) in [4.78, 5) is 21.3. The van der Waals surface area contributed by atoms with Crippen LogP contribution < -0.4 is 4.90 Å². The highest BCUT2D eigenvalue weighted by atomic mass is 32.1. The first-order valence-electron chi connectivity index (χ1n) is 7.50. The molecule has 0 N–H and O–H groups in total. The van der Waals surface area contributed by atoms with Gasteiger partial charge in [-0.2, -0.15) is 0 Å². The maximum absolute atomic E-state index is 12.7. The van der Waals surface area contributed by atoms with Crippen LogP contribution in [0.25, 0.3) is 0 Å². The van der Waals surface area contributed by atoms with E-state index in [1.165, 1.54) is 0 Å². The van der Waals surface area contributed by atoms with E-state index in [0.717, 1.165) is 36.8 Å². The van der Waals surface area contributed by atoms with Crippen molar-refractivity contribution in [2.24, 2.45) is 0 Å². The molecule has 2 aromatic rings. The molecule has 2 saturated heterocycles. The summed E-state index contributed by atoms with van der Waals surface area (Å²) in [6.07, 6.45) is 3.67. The van der Waals surface area contributed by atoms with E-state index in [1.807, 2.05) is 24.0 Å². The molecule has 0 aromatic carbocycles. The SMILES string of the molecule is Cc1ccc(C(=O)N2CC[C@@H]3[C@@H]2CCN3c2nncs2)cn1. The summed E-state index contributed by atoms with van der Waals surface area (Å²) in [5, 5.41) is 9.08. The van der Waals surface area contributed by atoms with Crippen LogP contribution in [0.5, 0.6) is 0 Å². The first-order chi connectivity index (χ1) is 10.7. The lowest BCUT2D eigenvalue weighted by Gasteiger charge is -2.25. The Morgan fingerprint density at radius 2 is 2.14 bits per heavy atom. The van der Waals surface area contributed by atoms with Gasteiger partial charge in [0.25, 0.3) is 5.91 Å². The van der Waals surface area contributed by atoms with E-state index in [0.29, 0.717) is 11.6 Å².